The number of hydrogen-bond donors (Lipinski definition) is 1. The second-order valence-corrected chi connectivity index (χ2v) is 6.18. The van der Waals surface area contributed by atoms with Gasteiger partial charge in [0.25, 0.3) is 0 Å². The largest absolute Gasteiger partial charge is 0.383 e. The van der Waals surface area contributed by atoms with Crippen LogP contribution in [0.3, 0.4) is 0 Å². The van der Waals surface area contributed by atoms with Crippen molar-refractivity contribution in [3.63, 3.8) is 0 Å². The van der Waals surface area contributed by atoms with Crippen LogP contribution in [0.4, 0.5) is 0 Å². The Morgan fingerprint density at radius 2 is 2.16 bits per heavy atom. The average molecular weight is 272 g/mol. The number of rotatable bonds is 9. The summed E-state index contributed by atoms with van der Waals surface area (Å²) in [7, 11) is 3.99. The molecule has 1 N–H and O–H groups in total. The van der Waals surface area contributed by atoms with E-state index in [9.17, 15) is 0 Å². The second-order valence-electron chi connectivity index (χ2n) is 6.18. The highest BCUT2D eigenvalue weighted by Gasteiger charge is 2.20. The summed E-state index contributed by atoms with van der Waals surface area (Å²) in [5.41, 5.74) is 0. The molecule has 1 fully saturated rings. The second kappa shape index (κ2) is 9.70. The van der Waals surface area contributed by atoms with Crippen molar-refractivity contribution < 1.29 is 9.47 Å². The highest BCUT2D eigenvalue weighted by atomic mass is 16.5. The standard InChI is InChI=1S/C15H32N2O2/c1-13(2)8-16-9-15(12-18-4)17(3)10-14-6-5-7-19-11-14/h13-16H,5-12H2,1-4H3. The lowest BCUT2D eigenvalue weighted by atomic mass is 10.0. The van der Waals surface area contributed by atoms with Gasteiger partial charge in [0, 0.05) is 32.8 Å². The fraction of sp³-hybridized carbons (Fsp3) is 1.00. The van der Waals surface area contributed by atoms with E-state index in [1.807, 2.05) is 0 Å². The van der Waals surface area contributed by atoms with Gasteiger partial charge in [-0.3, -0.25) is 4.90 Å². The molecule has 0 aliphatic carbocycles. The Morgan fingerprint density at radius 1 is 1.37 bits per heavy atom. The first kappa shape index (κ1) is 16.9. The highest BCUT2D eigenvalue weighted by molar-refractivity contribution is 4.75. The number of likely N-dealkylation sites (N-methyl/N-ethyl adjacent to an activating group) is 1. The molecule has 1 saturated heterocycles. The molecule has 19 heavy (non-hydrogen) atoms. The van der Waals surface area contributed by atoms with Gasteiger partial charge in [-0.2, -0.15) is 0 Å². The molecule has 114 valence electrons. The van der Waals surface area contributed by atoms with Crippen molar-refractivity contribution in [3.8, 4) is 0 Å². The molecule has 1 aliphatic heterocycles. The Morgan fingerprint density at radius 3 is 2.74 bits per heavy atom. The zero-order valence-electron chi connectivity index (χ0n) is 13.2. The third kappa shape index (κ3) is 7.25. The predicted octanol–water partition coefficient (Wildman–Crippen LogP) is 1.61. The Bertz CT molecular complexity index is 218. The van der Waals surface area contributed by atoms with Crippen LogP contribution in [0.5, 0.6) is 0 Å². The molecule has 0 aromatic heterocycles. The molecule has 2 unspecified atom stereocenters. The van der Waals surface area contributed by atoms with E-state index in [0.29, 0.717) is 17.9 Å². The summed E-state index contributed by atoms with van der Waals surface area (Å²) in [6, 6.07) is 0.450. The minimum absolute atomic E-state index is 0.450. The number of nitrogens with zero attached hydrogens (tertiary/aromatic N) is 1. The lowest BCUT2D eigenvalue weighted by molar-refractivity contribution is 0.0268. The third-order valence-electron chi connectivity index (χ3n) is 3.72. The molecular formula is C15H32N2O2. The van der Waals surface area contributed by atoms with E-state index in [0.717, 1.165) is 39.5 Å². The van der Waals surface area contributed by atoms with Gasteiger partial charge in [0.05, 0.1) is 13.2 Å². The first-order valence-corrected chi connectivity index (χ1v) is 7.61. The van der Waals surface area contributed by atoms with E-state index in [4.69, 9.17) is 9.47 Å². The number of nitrogens with one attached hydrogen (secondary N) is 1. The first-order chi connectivity index (χ1) is 9.13. The summed E-state index contributed by atoms with van der Waals surface area (Å²) in [6.07, 6.45) is 2.50. The van der Waals surface area contributed by atoms with Crippen molar-refractivity contribution in [2.24, 2.45) is 11.8 Å². The molecule has 1 heterocycles. The summed E-state index contributed by atoms with van der Waals surface area (Å²) >= 11 is 0. The van der Waals surface area contributed by atoms with Gasteiger partial charge in [0.15, 0.2) is 0 Å². The summed E-state index contributed by atoms with van der Waals surface area (Å²) in [5, 5.41) is 3.53. The molecule has 4 nitrogen and oxygen atoms in total. The molecule has 0 radical (unpaired) electrons. The van der Waals surface area contributed by atoms with Crippen molar-refractivity contribution in [2.45, 2.75) is 32.7 Å². The van der Waals surface area contributed by atoms with Crippen molar-refractivity contribution in [3.05, 3.63) is 0 Å². The quantitative estimate of drug-likeness (QED) is 0.691. The van der Waals surface area contributed by atoms with Gasteiger partial charge in [0.1, 0.15) is 0 Å². The van der Waals surface area contributed by atoms with Crippen LogP contribution in [0, 0.1) is 11.8 Å². The maximum atomic E-state index is 5.56. The topological polar surface area (TPSA) is 33.7 Å². The average Bonchev–Trinajstić information content (AvgIpc) is 2.38. The maximum absolute atomic E-state index is 5.56. The highest BCUT2D eigenvalue weighted by Crippen LogP contribution is 2.15. The van der Waals surface area contributed by atoms with Gasteiger partial charge >= 0.3 is 0 Å². The van der Waals surface area contributed by atoms with E-state index in [1.54, 1.807) is 7.11 Å². The SMILES string of the molecule is COCC(CNCC(C)C)N(C)CC1CCCOC1. The Kier molecular flexibility index (Phi) is 8.62. The van der Waals surface area contributed by atoms with Crippen LogP contribution in [0.1, 0.15) is 26.7 Å². The van der Waals surface area contributed by atoms with E-state index in [-0.39, 0.29) is 0 Å². The maximum Gasteiger partial charge on any atom is 0.0630 e. The molecule has 1 aliphatic rings. The van der Waals surface area contributed by atoms with E-state index < -0.39 is 0 Å². The number of methoxy groups -OCH3 is 1. The Hall–Kier alpha value is -0.160. The minimum atomic E-state index is 0.450. The van der Waals surface area contributed by atoms with Gasteiger partial charge in [-0.25, -0.2) is 0 Å². The van der Waals surface area contributed by atoms with Gasteiger partial charge < -0.3 is 14.8 Å². The number of ether oxygens (including phenoxy) is 2. The van der Waals surface area contributed by atoms with Crippen LogP contribution in [0.2, 0.25) is 0 Å². The number of hydrogen-bond acceptors (Lipinski definition) is 4. The summed E-state index contributed by atoms with van der Waals surface area (Å²) in [4.78, 5) is 2.43. The molecule has 2 atom stereocenters. The van der Waals surface area contributed by atoms with Crippen molar-refractivity contribution in [2.75, 3.05) is 53.6 Å². The summed E-state index contributed by atoms with van der Waals surface area (Å²) in [5.74, 6) is 1.38. The van der Waals surface area contributed by atoms with E-state index in [1.165, 1.54) is 12.8 Å². The van der Waals surface area contributed by atoms with Crippen molar-refractivity contribution in [1.29, 1.82) is 0 Å². The third-order valence-corrected chi connectivity index (χ3v) is 3.72. The fourth-order valence-corrected chi connectivity index (χ4v) is 2.58. The normalized spacial score (nSPS) is 22.1. The van der Waals surface area contributed by atoms with E-state index in [2.05, 4.69) is 31.1 Å². The molecule has 0 aromatic carbocycles. The van der Waals surface area contributed by atoms with Crippen LogP contribution in [0.25, 0.3) is 0 Å². The van der Waals surface area contributed by atoms with E-state index >= 15 is 0 Å². The minimum Gasteiger partial charge on any atom is -0.383 e. The lowest BCUT2D eigenvalue weighted by Gasteiger charge is -2.32. The fourth-order valence-electron chi connectivity index (χ4n) is 2.58. The molecule has 0 amide bonds. The Labute approximate surface area is 118 Å². The van der Waals surface area contributed by atoms with Crippen molar-refractivity contribution >= 4 is 0 Å². The zero-order valence-corrected chi connectivity index (χ0v) is 13.2. The first-order valence-electron chi connectivity index (χ1n) is 7.61. The zero-order chi connectivity index (χ0) is 14.1. The molecule has 0 bridgehead atoms. The smallest absolute Gasteiger partial charge is 0.0630 e. The summed E-state index contributed by atoms with van der Waals surface area (Å²) < 4.78 is 10.9. The molecule has 4 heteroatoms. The van der Waals surface area contributed by atoms with Crippen LogP contribution in [-0.2, 0) is 9.47 Å². The Balaban J connectivity index is 2.31. The van der Waals surface area contributed by atoms with Gasteiger partial charge in [-0.05, 0) is 38.3 Å². The van der Waals surface area contributed by atoms with Gasteiger partial charge in [-0.1, -0.05) is 13.8 Å². The molecule has 0 saturated carbocycles. The predicted molar refractivity (Wildman–Crippen MR) is 79.5 cm³/mol. The summed E-state index contributed by atoms with van der Waals surface area (Å²) in [6.45, 7) is 10.3. The molecule has 1 rings (SSSR count). The molecule has 0 spiro atoms. The van der Waals surface area contributed by atoms with Crippen molar-refractivity contribution in [1.82, 2.24) is 10.2 Å². The molecular weight excluding hydrogens is 240 g/mol. The van der Waals surface area contributed by atoms with Crippen LogP contribution < -0.4 is 5.32 Å². The lowest BCUT2D eigenvalue weighted by Crippen LogP contribution is -2.46. The van der Waals surface area contributed by atoms with Crippen LogP contribution >= 0.6 is 0 Å². The van der Waals surface area contributed by atoms with Gasteiger partial charge in [-0.15, -0.1) is 0 Å². The monoisotopic (exact) mass is 272 g/mol. The molecule has 0 aromatic rings. The van der Waals surface area contributed by atoms with Gasteiger partial charge in [0.2, 0.25) is 0 Å². The van der Waals surface area contributed by atoms with Crippen LogP contribution in [-0.4, -0.2) is 64.6 Å². The van der Waals surface area contributed by atoms with Crippen LogP contribution in [0.15, 0.2) is 0 Å².